The van der Waals surface area contributed by atoms with E-state index in [0.717, 1.165) is 18.6 Å². The second-order valence-corrected chi connectivity index (χ2v) is 10.5. The number of carbonyl (C=O) groups is 2. The van der Waals surface area contributed by atoms with Gasteiger partial charge in [-0.3, -0.25) is 14.5 Å². The van der Waals surface area contributed by atoms with E-state index in [1.165, 1.54) is 6.07 Å². The Kier molecular flexibility index (Phi) is 7.45. The topological polar surface area (TPSA) is 79.3 Å². The lowest BCUT2D eigenvalue weighted by atomic mass is 9.86. The molecule has 2 atom stereocenters. The Hall–Kier alpha value is -2.81. The summed E-state index contributed by atoms with van der Waals surface area (Å²) in [5.41, 5.74) is 0.717. The molecule has 0 radical (unpaired) electrons. The smallest absolute Gasteiger partial charge is 0.272 e. The minimum atomic E-state index is -0.974. The zero-order valence-electron chi connectivity index (χ0n) is 21.0. The minimum Gasteiger partial charge on any atom is -0.352 e. The molecule has 34 heavy (non-hydrogen) atoms. The largest absolute Gasteiger partial charge is 0.352 e. The zero-order valence-corrected chi connectivity index (χ0v) is 21.0. The van der Waals surface area contributed by atoms with E-state index in [0.29, 0.717) is 30.2 Å². The number of hydrogen-bond donors (Lipinski definition) is 2. The molecule has 0 fully saturated rings. The van der Waals surface area contributed by atoms with Crippen molar-refractivity contribution in [1.29, 1.82) is 0 Å². The molecule has 0 saturated heterocycles. The van der Waals surface area contributed by atoms with Gasteiger partial charge in [0.05, 0.1) is 5.69 Å². The number of imidazole rings is 1. The van der Waals surface area contributed by atoms with Gasteiger partial charge >= 0.3 is 0 Å². The van der Waals surface area contributed by atoms with Crippen molar-refractivity contribution in [3.63, 3.8) is 0 Å². The molecular weight excluding hydrogens is 440 g/mol. The molecule has 1 aromatic carbocycles. The van der Waals surface area contributed by atoms with Crippen LogP contribution in [0.15, 0.2) is 18.2 Å². The molecule has 3 rings (SSSR count). The van der Waals surface area contributed by atoms with Gasteiger partial charge in [-0.15, -0.1) is 0 Å². The summed E-state index contributed by atoms with van der Waals surface area (Å²) < 4.78 is 29.5. The Labute approximate surface area is 199 Å². The van der Waals surface area contributed by atoms with Crippen molar-refractivity contribution in [1.82, 2.24) is 25.1 Å². The molecule has 9 heteroatoms. The number of aromatic nitrogens is 2. The minimum absolute atomic E-state index is 0.0757. The molecular formula is C25H35F2N5O2. The SMILES string of the molecule is CC(C)NC(=O)[C@@H](NC(=O)c1nc(-c2ccc(F)c(F)c2)n2c1CN(C)C(C)CC2)C(C)(C)C. The van der Waals surface area contributed by atoms with Crippen LogP contribution in [0.5, 0.6) is 0 Å². The van der Waals surface area contributed by atoms with Crippen molar-refractivity contribution in [2.24, 2.45) is 5.41 Å². The lowest BCUT2D eigenvalue weighted by Crippen LogP contribution is -2.54. The van der Waals surface area contributed by atoms with Crippen molar-refractivity contribution in [2.75, 3.05) is 7.05 Å². The lowest BCUT2D eigenvalue weighted by Gasteiger charge is -2.31. The normalized spacial score (nSPS) is 17.8. The number of halogens is 2. The Bertz CT molecular complexity index is 1070. The molecule has 0 aliphatic carbocycles. The Balaban J connectivity index is 2.06. The van der Waals surface area contributed by atoms with Gasteiger partial charge in [0.25, 0.3) is 5.91 Å². The van der Waals surface area contributed by atoms with Crippen molar-refractivity contribution in [3.8, 4) is 11.4 Å². The average molecular weight is 476 g/mol. The maximum absolute atomic E-state index is 14.0. The fourth-order valence-electron chi connectivity index (χ4n) is 4.10. The quantitative estimate of drug-likeness (QED) is 0.691. The predicted octanol–water partition coefficient (Wildman–Crippen LogP) is 3.72. The van der Waals surface area contributed by atoms with Crippen molar-refractivity contribution < 1.29 is 18.4 Å². The molecule has 0 saturated carbocycles. The average Bonchev–Trinajstić information content (AvgIpc) is 3.01. The third-order valence-electron chi connectivity index (χ3n) is 6.22. The summed E-state index contributed by atoms with van der Waals surface area (Å²) in [6, 6.07) is 3.01. The standard InChI is InChI=1S/C25H35F2N5O2/c1-14(2)28-24(34)21(25(4,5)6)30-23(33)20-19-13-31(7)15(3)10-11-32(19)22(29-20)16-8-9-17(26)18(27)12-16/h8-9,12,14-15,21H,10-11,13H2,1-7H3,(H,28,34)(H,30,33)/t15?,21-/m1/s1. The first-order chi connectivity index (χ1) is 15.8. The summed E-state index contributed by atoms with van der Waals surface area (Å²) in [6.45, 7) is 12.5. The number of nitrogens with zero attached hydrogens (tertiary/aromatic N) is 3. The Morgan fingerprint density at radius 3 is 2.41 bits per heavy atom. The monoisotopic (exact) mass is 475 g/mol. The Morgan fingerprint density at radius 1 is 1.15 bits per heavy atom. The fourth-order valence-corrected chi connectivity index (χ4v) is 4.10. The molecule has 2 aromatic rings. The molecule has 7 nitrogen and oxygen atoms in total. The maximum Gasteiger partial charge on any atom is 0.272 e. The van der Waals surface area contributed by atoms with E-state index in [1.807, 2.05) is 46.2 Å². The second-order valence-electron chi connectivity index (χ2n) is 10.5. The van der Waals surface area contributed by atoms with E-state index in [2.05, 4.69) is 27.4 Å². The highest BCUT2D eigenvalue weighted by molar-refractivity contribution is 5.98. The van der Waals surface area contributed by atoms with Gasteiger partial charge in [0.1, 0.15) is 11.9 Å². The van der Waals surface area contributed by atoms with Crippen LogP contribution >= 0.6 is 0 Å². The van der Waals surface area contributed by atoms with Crippen LogP contribution in [0, 0.1) is 17.0 Å². The molecule has 2 amide bonds. The van der Waals surface area contributed by atoms with E-state index in [4.69, 9.17) is 0 Å². The van der Waals surface area contributed by atoms with Crippen LogP contribution < -0.4 is 10.6 Å². The van der Waals surface area contributed by atoms with Crippen LogP contribution in [0.25, 0.3) is 11.4 Å². The van der Waals surface area contributed by atoms with E-state index >= 15 is 0 Å². The molecule has 2 N–H and O–H groups in total. The highest BCUT2D eigenvalue weighted by Crippen LogP contribution is 2.29. The van der Waals surface area contributed by atoms with Crippen LogP contribution in [-0.4, -0.2) is 51.4 Å². The number of nitrogens with one attached hydrogen (secondary N) is 2. The van der Waals surface area contributed by atoms with Gasteiger partial charge in [-0.25, -0.2) is 13.8 Å². The summed E-state index contributed by atoms with van der Waals surface area (Å²) >= 11 is 0. The molecule has 0 bridgehead atoms. The summed E-state index contributed by atoms with van der Waals surface area (Å²) in [4.78, 5) is 33.1. The van der Waals surface area contributed by atoms with Gasteiger partial charge in [0.15, 0.2) is 17.3 Å². The molecule has 0 spiro atoms. The van der Waals surface area contributed by atoms with E-state index < -0.39 is 29.0 Å². The van der Waals surface area contributed by atoms with Crippen LogP contribution in [0.1, 0.15) is 64.1 Å². The second kappa shape index (κ2) is 9.82. The number of hydrogen-bond acceptors (Lipinski definition) is 4. The number of amides is 2. The van der Waals surface area contributed by atoms with Gasteiger partial charge in [-0.2, -0.15) is 0 Å². The van der Waals surface area contributed by atoms with Crippen LogP contribution in [0.3, 0.4) is 0 Å². The molecule has 1 unspecified atom stereocenters. The summed E-state index contributed by atoms with van der Waals surface area (Å²) in [7, 11) is 1.97. The predicted molar refractivity (Wildman–Crippen MR) is 127 cm³/mol. The Morgan fingerprint density at radius 2 is 1.82 bits per heavy atom. The van der Waals surface area contributed by atoms with Crippen LogP contribution in [0.2, 0.25) is 0 Å². The van der Waals surface area contributed by atoms with Gasteiger partial charge < -0.3 is 15.2 Å². The van der Waals surface area contributed by atoms with Crippen molar-refractivity contribution >= 4 is 11.8 Å². The third-order valence-corrected chi connectivity index (χ3v) is 6.22. The molecule has 2 heterocycles. The molecule has 1 aromatic heterocycles. The molecule has 186 valence electrons. The van der Waals surface area contributed by atoms with E-state index in [9.17, 15) is 18.4 Å². The maximum atomic E-state index is 14.0. The number of benzene rings is 1. The lowest BCUT2D eigenvalue weighted by molar-refractivity contribution is -0.125. The molecule has 1 aliphatic heterocycles. The first-order valence-electron chi connectivity index (χ1n) is 11.7. The van der Waals surface area contributed by atoms with Gasteiger partial charge in [0.2, 0.25) is 5.91 Å². The molecule has 1 aliphatic rings. The first kappa shape index (κ1) is 25.8. The first-order valence-corrected chi connectivity index (χ1v) is 11.7. The van der Waals surface area contributed by atoms with Crippen LogP contribution in [-0.2, 0) is 17.9 Å². The number of carbonyl (C=O) groups excluding carboxylic acids is 2. The third kappa shape index (κ3) is 5.46. The van der Waals surface area contributed by atoms with Crippen LogP contribution in [0.4, 0.5) is 8.78 Å². The van der Waals surface area contributed by atoms with Gasteiger partial charge in [-0.1, -0.05) is 20.8 Å². The van der Waals surface area contributed by atoms with Crippen molar-refractivity contribution in [2.45, 2.75) is 79.2 Å². The highest BCUT2D eigenvalue weighted by Gasteiger charge is 2.35. The van der Waals surface area contributed by atoms with Crippen molar-refractivity contribution in [3.05, 3.63) is 41.2 Å². The van der Waals surface area contributed by atoms with Gasteiger partial charge in [-0.05, 0) is 57.9 Å². The highest BCUT2D eigenvalue weighted by atomic mass is 19.2. The zero-order chi connectivity index (χ0) is 25.4. The fraction of sp³-hybridized carbons (Fsp3) is 0.560. The number of rotatable bonds is 5. The summed E-state index contributed by atoms with van der Waals surface area (Å²) in [6.07, 6.45) is 0.805. The van der Waals surface area contributed by atoms with Gasteiger partial charge in [0, 0.05) is 30.7 Å². The number of fused-ring (bicyclic) bond motifs is 1. The summed E-state index contributed by atoms with van der Waals surface area (Å²) in [5, 5.41) is 5.75. The summed E-state index contributed by atoms with van der Waals surface area (Å²) in [5.74, 6) is -2.26. The van der Waals surface area contributed by atoms with E-state index in [1.54, 1.807) is 0 Å². The van der Waals surface area contributed by atoms with E-state index in [-0.39, 0.29) is 23.7 Å².